The Labute approximate surface area is 101 Å². The van der Waals surface area contributed by atoms with Crippen LogP contribution in [0.2, 0.25) is 0 Å². The summed E-state index contributed by atoms with van der Waals surface area (Å²) in [5.74, 6) is 0.844. The summed E-state index contributed by atoms with van der Waals surface area (Å²) in [6.45, 7) is 4.19. The largest absolute Gasteiger partial charge is 0.383 e. The van der Waals surface area contributed by atoms with Crippen LogP contribution in [0.4, 0.5) is 5.95 Å². The molecule has 1 atom stereocenters. The average molecular weight is 241 g/mol. The van der Waals surface area contributed by atoms with E-state index in [0.29, 0.717) is 33.0 Å². The van der Waals surface area contributed by atoms with Gasteiger partial charge in [-0.3, -0.25) is 0 Å². The monoisotopic (exact) mass is 241 g/mol. The minimum Gasteiger partial charge on any atom is -0.383 e. The number of imidazole rings is 1. The summed E-state index contributed by atoms with van der Waals surface area (Å²) in [6.07, 6.45) is 3.81. The molecule has 0 radical (unpaired) electrons. The molecular formula is C11H19N3O3. The lowest BCUT2D eigenvalue weighted by Gasteiger charge is -2.23. The van der Waals surface area contributed by atoms with Gasteiger partial charge in [-0.1, -0.05) is 0 Å². The molecule has 6 nitrogen and oxygen atoms in total. The zero-order valence-corrected chi connectivity index (χ0v) is 10.1. The molecule has 17 heavy (non-hydrogen) atoms. The number of rotatable bonds is 6. The third-order valence-electron chi connectivity index (χ3n) is 2.62. The Bertz CT molecular complexity index is 324. The highest BCUT2D eigenvalue weighted by Crippen LogP contribution is 2.06. The zero-order chi connectivity index (χ0) is 11.9. The number of ether oxygens (including phenoxy) is 3. The van der Waals surface area contributed by atoms with E-state index in [4.69, 9.17) is 14.2 Å². The van der Waals surface area contributed by atoms with Crippen molar-refractivity contribution in [3.8, 4) is 0 Å². The van der Waals surface area contributed by atoms with E-state index in [1.54, 1.807) is 13.3 Å². The molecule has 1 aliphatic rings. The van der Waals surface area contributed by atoms with Crippen molar-refractivity contribution in [1.82, 2.24) is 9.55 Å². The van der Waals surface area contributed by atoms with Crippen molar-refractivity contribution in [2.75, 3.05) is 45.4 Å². The fourth-order valence-electron chi connectivity index (χ4n) is 1.71. The van der Waals surface area contributed by atoms with Gasteiger partial charge in [-0.05, 0) is 0 Å². The molecule has 1 aliphatic heterocycles. The van der Waals surface area contributed by atoms with Gasteiger partial charge in [-0.2, -0.15) is 0 Å². The molecule has 1 N–H and O–H groups in total. The van der Waals surface area contributed by atoms with E-state index in [9.17, 15) is 0 Å². The van der Waals surface area contributed by atoms with Crippen LogP contribution in [0.25, 0.3) is 0 Å². The van der Waals surface area contributed by atoms with Crippen LogP contribution < -0.4 is 5.32 Å². The quantitative estimate of drug-likeness (QED) is 0.779. The van der Waals surface area contributed by atoms with E-state index in [1.165, 1.54) is 0 Å². The third-order valence-corrected chi connectivity index (χ3v) is 2.62. The van der Waals surface area contributed by atoms with Crippen LogP contribution in [-0.4, -0.2) is 55.7 Å². The highest BCUT2D eigenvalue weighted by atomic mass is 16.6. The van der Waals surface area contributed by atoms with Crippen LogP contribution in [0.1, 0.15) is 0 Å². The maximum atomic E-state index is 5.55. The second-order valence-corrected chi connectivity index (χ2v) is 3.89. The number of methoxy groups -OCH3 is 1. The van der Waals surface area contributed by atoms with Crippen LogP contribution in [0, 0.1) is 0 Å². The first-order valence-corrected chi connectivity index (χ1v) is 5.83. The number of aromatic nitrogens is 2. The first-order valence-electron chi connectivity index (χ1n) is 5.83. The minimum absolute atomic E-state index is 0.108. The normalized spacial score (nSPS) is 20.4. The van der Waals surface area contributed by atoms with Gasteiger partial charge in [0.05, 0.1) is 32.5 Å². The van der Waals surface area contributed by atoms with Gasteiger partial charge < -0.3 is 24.1 Å². The second-order valence-electron chi connectivity index (χ2n) is 3.89. The van der Waals surface area contributed by atoms with Crippen molar-refractivity contribution in [3.63, 3.8) is 0 Å². The maximum absolute atomic E-state index is 5.55. The minimum atomic E-state index is 0.108. The molecule has 0 spiro atoms. The molecule has 1 saturated heterocycles. The van der Waals surface area contributed by atoms with E-state index in [-0.39, 0.29) is 6.10 Å². The summed E-state index contributed by atoms with van der Waals surface area (Å²) in [7, 11) is 1.69. The zero-order valence-electron chi connectivity index (χ0n) is 10.1. The van der Waals surface area contributed by atoms with Gasteiger partial charge in [0.15, 0.2) is 0 Å². The Kier molecular flexibility index (Phi) is 4.78. The van der Waals surface area contributed by atoms with Crippen molar-refractivity contribution < 1.29 is 14.2 Å². The van der Waals surface area contributed by atoms with Gasteiger partial charge in [0.25, 0.3) is 0 Å². The molecular weight excluding hydrogens is 222 g/mol. The lowest BCUT2D eigenvalue weighted by Crippen LogP contribution is -2.34. The van der Waals surface area contributed by atoms with Crippen molar-refractivity contribution >= 4 is 5.95 Å². The van der Waals surface area contributed by atoms with E-state index in [1.807, 2.05) is 10.8 Å². The van der Waals surface area contributed by atoms with Gasteiger partial charge in [-0.25, -0.2) is 4.98 Å². The smallest absolute Gasteiger partial charge is 0.202 e. The van der Waals surface area contributed by atoms with Crippen molar-refractivity contribution in [3.05, 3.63) is 12.4 Å². The van der Waals surface area contributed by atoms with Crippen molar-refractivity contribution in [2.45, 2.75) is 12.6 Å². The van der Waals surface area contributed by atoms with E-state index >= 15 is 0 Å². The molecule has 0 bridgehead atoms. The number of anilines is 1. The number of nitrogens with zero attached hydrogens (tertiary/aromatic N) is 2. The van der Waals surface area contributed by atoms with E-state index in [0.717, 1.165) is 12.5 Å². The SMILES string of the molecule is COCCn1ccnc1NCC1COCCO1. The average Bonchev–Trinajstić information content (AvgIpc) is 2.82. The molecule has 6 heteroatoms. The van der Waals surface area contributed by atoms with Crippen molar-refractivity contribution in [1.29, 1.82) is 0 Å². The van der Waals surface area contributed by atoms with Crippen LogP contribution in [0.15, 0.2) is 12.4 Å². The summed E-state index contributed by atoms with van der Waals surface area (Å²) < 4.78 is 17.9. The fourth-order valence-corrected chi connectivity index (χ4v) is 1.71. The lowest BCUT2D eigenvalue weighted by molar-refractivity contribution is -0.0819. The Balaban J connectivity index is 1.79. The molecule has 0 amide bonds. The first-order chi connectivity index (χ1) is 8.40. The summed E-state index contributed by atoms with van der Waals surface area (Å²) >= 11 is 0. The van der Waals surface area contributed by atoms with E-state index < -0.39 is 0 Å². The topological polar surface area (TPSA) is 57.5 Å². The highest BCUT2D eigenvalue weighted by Gasteiger charge is 2.14. The van der Waals surface area contributed by atoms with Gasteiger partial charge in [-0.15, -0.1) is 0 Å². The molecule has 1 fully saturated rings. The number of hydrogen-bond donors (Lipinski definition) is 1. The fraction of sp³-hybridized carbons (Fsp3) is 0.727. The molecule has 1 aromatic rings. The molecule has 0 saturated carbocycles. The lowest BCUT2D eigenvalue weighted by atomic mass is 10.3. The van der Waals surface area contributed by atoms with Crippen LogP contribution in [0.5, 0.6) is 0 Å². The third kappa shape index (κ3) is 3.69. The summed E-state index contributed by atoms with van der Waals surface area (Å²) in [5.41, 5.74) is 0. The standard InChI is InChI=1S/C11H19N3O3/c1-15-5-4-14-3-2-12-11(14)13-8-10-9-16-6-7-17-10/h2-3,10H,4-9H2,1H3,(H,12,13). The molecule has 0 aliphatic carbocycles. The molecule has 0 aromatic carbocycles. The predicted molar refractivity (Wildman–Crippen MR) is 63.2 cm³/mol. The molecule has 1 aromatic heterocycles. The predicted octanol–water partition coefficient (Wildman–Crippen LogP) is 0.357. The van der Waals surface area contributed by atoms with Crippen molar-refractivity contribution in [2.24, 2.45) is 0 Å². The van der Waals surface area contributed by atoms with Gasteiger partial charge in [0.2, 0.25) is 5.95 Å². The highest BCUT2D eigenvalue weighted by molar-refractivity contribution is 5.25. The van der Waals surface area contributed by atoms with Gasteiger partial charge in [0.1, 0.15) is 0 Å². The summed E-state index contributed by atoms with van der Waals surface area (Å²) in [6, 6.07) is 0. The van der Waals surface area contributed by atoms with E-state index in [2.05, 4.69) is 10.3 Å². The number of hydrogen-bond acceptors (Lipinski definition) is 5. The Morgan fingerprint density at radius 1 is 1.59 bits per heavy atom. The molecule has 1 unspecified atom stereocenters. The Morgan fingerprint density at radius 3 is 3.29 bits per heavy atom. The summed E-state index contributed by atoms with van der Waals surface area (Å²) in [4.78, 5) is 4.25. The Hall–Kier alpha value is -1.11. The van der Waals surface area contributed by atoms with Gasteiger partial charge >= 0.3 is 0 Å². The van der Waals surface area contributed by atoms with Crippen LogP contribution in [-0.2, 0) is 20.8 Å². The Morgan fingerprint density at radius 2 is 2.53 bits per heavy atom. The van der Waals surface area contributed by atoms with Crippen LogP contribution in [0.3, 0.4) is 0 Å². The first kappa shape index (κ1) is 12.3. The second kappa shape index (κ2) is 6.58. The number of nitrogens with one attached hydrogen (secondary N) is 1. The summed E-state index contributed by atoms with van der Waals surface area (Å²) in [5, 5.41) is 3.26. The molecule has 2 rings (SSSR count). The molecule has 2 heterocycles. The van der Waals surface area contributed by atoms with Gasteiger partial charge in [0, 0.05) is 32.6 Å². The molecule has 96 valence electrons. The maximum Gasteiger partial charge on any atom is 0.202 e. The van der Waals surface area contributed by atoms with Crippen LogP contribution >= 0.6 is 0 Å².